The molecule has 0 heterocycles. The van der Waals surface area contributed by atoms with E-state index in [2.05, 4.69) is 22.9 Å². The number of alkyl halides is 2. The lowest BCUT2D eigenvalue weighted by Gasteiger charge is -2.02. The minimum absolute atomic E-state index is 0.143. The van der Waals surface area contributed by atoms with Gasteiger partial charge >= 0.3 is 5.97 Å². The summed E-state index contributed by atoms with van der Waals surface area (Å²) in [5.74, 6) is -0.314. The summed E-state index contributed by atoms with van der Waals surface area (Å²) >= 11 is 9.06. The Labute approximate surface area is 85.7 Å². The molecule has 0 aromatic carbocycles. The zero-order chi connectivity index (χ0) is 9.19. The number of hydrogen-bond donors (Lipinski definition) is 0. The van der Waals surface area contributed by atoms with E-state index in [0.717, 1.165) is 12.8 Å². The van der Waals surface area contributed by atoms with E-state index in [9.17, 15) is 4.79 Å². The lowest BCUT2D eigenvalue weighted by atomic mass is 10.3. The number of halogens is 2. The fourth-order valence-corrected chi connectivity index (χ4v) is 1.64. The summed E-state index contributed by atoms with van der Waals surface area (Å²) in [6.07, 6.45) is 2.65. The van der Waals surface area contributed by atoms with Crippen LogP contribution in [-0.4, -0.2) is 16.4 Å². The van der Waals surface area contributed by atoms with Gasteiger partial charge in [-0.05, 0) is 12.8 Å². The van der Waals surface area contributed by atoms with Gasteiger partial charge in [-0.1, -0.05) is 29.3 Å². The fourth-order valence-electron chi connectivity index (χ4n) is 0.887. The number of carbonyl (C=O) groups is 1. The maximum absolute atomic E-state index is 11.2. The summed E-state index contributed by atoms with van der Waals surface area (Å²) in [4.78, 5) is 11.2. The first-order valence-corrected chi connectivity index (χ1v) is 5.29. The van der Waals surface area contributed by atoms with Gasteiger partial charge in [0.1, 0.15) is 3.78 Å². The highest BCUT2D eigenvalue weighted by Gasteiger charge is 2.56. The minimum atomic E-state index is -0.504. The van der Waals surface area contributed by atoms with Gasteiger partial charge in [0.25, 0.3) is 0 Å². The molecule has 70 valence electrons. The molecule has 12 heavy (non-hydrogen) atoms. The summed E-state index contributed by atoms with van der Waals surface area (Å²) in [7, 11) is 0. The second kappa shape index (κ2) is 3.97. The van der Waals surface area contributed by atoms with Crippen LogP contribution in [0, 0.1) is 5.92 Å². The van der Waals surface area contributed by atoms with Gasteiger partial charge in [-0.15, -0.1) is 11.6 Å². The number of carbonyl (C=O) groups excluding carboxylic acids is 1. The molecular formula is C8H12BrClO2. The van der Waals surface area contributed by atoms with Crippen molar-refractivity contribution in [2.45, 2.75) is 30.0 Å². The predicted molar refractivity (Wildman–Crippen MR) is 51.5 cm³/mol. The van der Waals surface area contributed by atoms with Crippen LogP contribution in [0.2, 0.25) is 0 Å². The van der Waals surface area contributed by atoms with E-state index in [1.807, 2.05) is 0 Å². The van der Waals surface area contributed by atoms with Crippen molar-refractivity contribution in [2.75, 3.05) is 6.61 Å². The molecule has 1 aliphatic carbocycles. The number of ether oxygens (including phenoxy) is 1. The monoisotopic (exact) mass is 254 g/mol. The molecule has 2 unspecified atom stereocenters. The van der Waals surface area contributed by atoms with E-state index < -0.39 is 3.78 Å². The van der Waals surface area contributed by atoms with Gasteiger partial charge < -0.3 is 4.74 Å². The Morgan fingerprint density at radius 3 is 2.83 bits per heavy atom. The van der Waals surface area contributed by atoms with Crippen molar-refractivity contribution in [3.63, 3.8) is 0 Å². The van der Waals surface area contributed by atoms with Gasteiger partial charge in [-0.2, -0.15) is 0 Å². The number of hydrogen-bond acceptors (Lipinski definition) is 2. The maximum Gasteiger partial charge on any atom is 0.311 e. The molecule has 1 aliphatic rings. The third-order valence-corrected chi connectivity index (χ3v) is 3.15. The fraction of sp³-hybridized carbons (Fsp3) is 0.875. The van der Waals surface area contributed by atoms with Crippen LogP contribution < -0.4 is 0 Å². The molecule has 2 atom stereocenters. The summed E-state index contributed by atoms with van der Waals surface area (Å²) in [5.41, 5.74) is 0. The number of rotatable bonds is 4. The SMILES string of the molecule is CCCCOC(=O)C1CC1(Cl)Br. The van der Waals surface area contributed by atoms with Crippen molar-refractivity contribution < 1.29 is 9.53 Å². The van der Waals surface area contributed by atoms with Crippen LogP contribution in [0.15, 0.2) is 0 Å². The molecule has 0 saturated heterocycles. The van der Waals surface area contributed by atoms with Gasteiger partial charge in [0, 0.05) is 0 Å². The minimum Gasteiger partial charge on any atom is -0.465 e. The molecule has 1 fully saturated rings. The Hall–Kier alpha value is 0.240. The smallest absolute Gasteiger partial charge is 0.311 e. The average Bonchev–Trinajstić information content (AvgIpc) is 2.60. The summed E-state index contributed by atoms with van der Waals surface area (Å²) in [5, 5.41) is 0. The highest BCUT2D eigenvalue weighted by molar-refractivity contribution is 9.10. The van der Waals surface area contributed by atoms with Crippen LogP contribution in [0.5, 0.6) is 0 Å². The van der Waals surface area contributed by atoms with Crippen molar-refractivity contribution in [1.29, 1.82) is 0 Å². The van der Waals surface area contributed by atoms with Gasteiger partial charge in [0.05, 0.1) is 12.5 Å². The van der Waals surface area contributed by atoms with Crippen LogP contribution in [0.25, 0.3) is 0 Å². The van der Waals surface area contributed by atoms with Crippen LogP contribution in [0.3, 0.4) is 0 Å². The third kappa shape index (κ3) is 2.63. The average molecular weight is 256 g/mol. The highest BCUT2D eigenvalue weighted by Crippen LogP contribution is 2.55. The molecule has 2 nitrogen and oxygen atoms in total. The first-order chi connectivity index (χ1) is 5.58. The molecule has 1 rings (SSSR count). The quantitative estimate of drug-likeness (QED) is 0.439. The molecule has 0 amide bonds. The topological polar surface area (TPSA) is 26.3 Å². The Morgan fingerprint density at radius 2 is 2.42 bits per heavy atom. The maximum atomic E-state index is 11.2. The van der Waals surface area contributed by atoms with Gasteiger partial charge in [0.2, 0.25) is 0 Å². The third-order valence-electron chi connectivity index (χ3n) is 1.85. The molecule has 1 saturated carbocycles. The van der Waals surface area contributed by atoms with Gasteiger partial charge in [0.15, 0.2) is 0 Å². The van der Waals surface area contributed by atoms with E-state index >= 15 is 0 Å². The standard InChI is InChI=1S/C8H12BrClO2/c1-2-3-4-12-7(11)6-5-8(6,9)10/h6H,2-5H2,1H3. The zero-order valence-corrected chi connectivity index (χ0v) is 9.32. The first-order valence-electron chi connectivity index (χ1n) is 4.12. The Bertz CT molecular complexity index is 182. The van der Waals surface area contributed by atoms with E-state index in [1.165, 1.54) is 0 Å². The van der Waals surface area contributed by atoms with E-state index in [-0.39, 0.29) is 11.9 Å². The van der Waals surface area contributed by atoms with Crippen molar-refractivity contribution in [3.05, 3.63) is 0 Å². The molecule has 0 aromatic rings. The summed E-state index contributed by atoms with van der Waals surface area (Å²) in [6.45, 7) is 2.58. The van der Waals surface area contributed by atoms with Gasteiger partial charge in [-0.25, -0.2) is 0 Å². The number of esters is 1. The molecular weight excluding hydrogens is 243 g/mol. The second-order valence-electron chi connectivity index (χ2n) is 3.04. The van der Waals surface area contributed by atoms with Crippen LogP contribution in [0.4, 0.5) is 0 Å². The second-order valence-corrected chi connectivity index (χ2v) is 5.58. The lowest BCUT2D eigenvalue weighted by molar-refractivity contribution is -0.145. The van der Waals surface area contributed by atoms with Gasteiger partial charge in [-0.3, -0.25) is 4.79 Å². The Kier molecular flexibility index (Phi) is 3.41. The number of unbranched alkanes of at least 4 members (excludes halogenated alkanes) is 1. The zero-order valence-electron chi connectivity index (χ0n) is 6.98. The first kappa shape index (κ1) is 10.3. The van der Waals surface area contributed by atoms with Crippen LogP contribution in [-0.2, 0) is 9.53 Å². The normalized spacial score (nSPS) is 33.1. The molecule has 0 spiro atoms. The summed E-state index contributed by atoms with van der Waals surface area (Å²) in [6, 6.07) is 0. The largest absolute Gasteiger partial charge is 0.465 e. The summed E-state index contributed by atoms with van der Waals surface area (Å²) < 4.78 is 4.48. The predicted octanol–water partition coefficient (Wildman–Crippen LogP) is 2.68. The highest BCUT2D eigenvalue weighted by atomic mass is 79.9. The van der Waals surface area contributed by atoms with E-state index in [0.29, 0.717) is 13.0 Å². The van der Waals surface area contributed by atoms with Crippen molar-refractivity contribution in [3.8, 4) is 0 Å². The lowest BCUT2D eigenvalue weighted by Crippen LogP contribution is -2.11. The molecule has 0 N–H and O–H groups in total. The van der Waals surface area contributed by atoms with Crippen molar-refractivity contribution >= 4 is 33.5 Å². The Morgan fingerprint density at radius 1 is 1.83 bits per heavy atom. The van der Waals surface area contributed by atoms with Crippen molar-refractivity contribution in [2.24, 2.45) is 5.92 Å². The van der Waals surface area contributed by atoms with E-state index in [1.54, 1.807) is 0 Å². The molecule has 0 aliphatic heterocycles. The molecule has 4 heteroatoms. The Balaban J connectivity index is 2.14. The van der Waals surface area contributed by atoms with Crippen LogP contribution >= 0.6 is 27.5 Å². The van der Waals surface area contributed by atoms with E-state index in [4.69, 9.17) is 16.3 Å². The van der Waals surface area contributed by atoms with Crippen molar-refractivity contribution in [1.82, 2.24) is 0 Å². The molecule has 0 bridgehead atoms. The molecule has 0 aromatic heterocycles. The molecule has 0 radical (unpaired) electrons. The van der Waals surface area contributed by atoms with Crippen LogP contribution in [0.1, 0.15) is 26.2 Å².